The van der Waals surface area contributed by atoms with E-state index in [9.17, 15) is 4.39 Å². The Hall–Kier alpha value is -1.45. The molecule has 0 unspecified atom stereocenters. The first-order valence-electron chi connectivity index (χ1n) is 3.16. The third-order valence-corrected chi connectivity index (χ3v) is 1.52. The van der Waals surface area contributed by atoms with Gasteiger partial charge >= 0.3 is 0 Å². The Morgan fingerprint density at radius 2 is 2.18 bits per heavy atom. The second-order valence-electron chi connectivity index (χ2n) is 2.35. The first-order valence-corrected chi connectivity index (χ1v) is 3.16. The summed E-state index contributed by atoms with van der Waals surface area (Å²) in [4.78, 5) is 0. The van der Waals surface area contributed by atoms with Crippen LogP contribution in [0.4, 0.5) is 4.39 Å². The van der Waals surface area contributed by atoms with E-state index in [-0.39, 0.29) is 5.82 Å². The molecule has 4 heteroatoms. The average Bonchev–Trinajstić information content (AvgIpc) is 2.34. The van der Waals surface area contributed by atoms with Gasteiger partial charge in [-0.1, -0.05) is 0 Å². The smallest absolute Gasteiger partial charge is 0.138 e. The third kappa shape index (κ3) is 0.869. The maximum atomic E-state index is 12.7. The van der Waals surface area contributed by atoms with Gasteiger partial charge < -0.3 is 0 Å². The molecule has 0 saturated carbocycles. The van der Waals surface area contributed by atoms with Crippen LogP contribution in [0.2, 0.25) is 0 Å². The fourth-order valence-corrected chi connectivity index (χ4v) is 1.01. The molecule has 0 aliphatic rings. The molecular weight excluding hydrogens is 147 g/mol. The zero-order valence-electron chi connectivity index (χ0n) is 5.84. The molecule has 0 aliphatic heterocycles. The number of rotatable bonds is 0. The zero-order chi connectivity index (χ0) is 7.84. The lowest BCUT2D eigenvalue weighted by atomic mass is 10.2. The maximum Gasteiger partial charge on any atom is 0.138 e. The van der Waals surface area contributed by atoms with E-state index in [0.29, 0.717) is 11.0 Å². The van der Waals surface area contributed by atoms with Crippen LogP contribution < -0.4 is 0 Å². The van der Waals surface area contributed by atoms with E-state index in [1.165, 1.54) is 12.1 Å². The van der Waals surface area contributed by atoms with E-state index in [0.717, 1.165) is 5.56 Å². The first kappa shape index (κ1) is 6.27. The summed E-state index contributed by atoms with van der Waals surface area (Å²) in [5.41, 5.74) is 1.81. The van der Waals surface area contributed by atoms with E-state index in [1.54, 1.807) is 6.92 Å². The highest BCUT2D eigenvalue weighted by Crippen LogP contribution is 2.15. The molecule has 0 aliphatic carbocycles. The van der Waals surface area contributed by atoms with Crippen molar-refractivity contribution in [2.24, 2.45) is 0 Å². The lowest BCUT2D eigenvalue weighted by Gasteiger charge is -1.90. The molecule has 0 saturated heterocycles. The number of aromatic nitrogens is 2. The number of fused-ring (bicyclic) bond motifs is 1. The SMILES string of the molecule is Cc1cc(F)cc2nonc12. The van der Waals surface area contributed by atoms with Gasteiger partial charge in [0.05, 0.1) is 0 Å². The Morgan fingerprint density at radius 3 is 3.00 bits per heavy atom. The molecule has 11 heavy (non-hydrogen) atoms. The van der Waals surface area contributed by atoms with Gasteiger partial charge in [0.1, 0.15) is 16.9 Å². The molecule has 0 amide bonds. The van der Waals surface area contributed by atoms with Crippen LogP contribution in [-0.4, -0.2) is 10.3 Å². The molecule has 1 heterocycles. The molecule has 0 bridgehead atoms. The number of hydrogen-bond donors (Lipinski definition) is 0. The second kappa shape index (κ2) is 2.02. The predicted octanol–water partition coefficient (Wildman–Crippen LogP) is 1.67. The first-order chi connectivity index (χ1) is 5.27. The molecule has 0 fully saturated rings. The monoisotopic (exact) mass is 152 g/mol. The van der Waals surface area contributed by atoms with Gasteiger partial charge in [-0.25, -0.2) is 9.02 Å². The van der Waals surface area contributed by atoms with Crippen LogP contribution in [0, 0.1) is 12.7 Å². The Bertz CT molecular complexity index is 396. The van der Waals surface area contributed by atoms with Crippen LogP contribution >= 0.6 is 0 Å². The maximum absolute atomic E-state index is 12.7. The summed E-state index contributed by atoms with van der Waals surface area (Å²) in [5.74, 6) is -0.314. The number of hydrogen-bond acceptors (Lipinski definition) is 3. The molecule has 2 rings (SSSR count). The van der Waals surface area contributed by atoms with Gasteiger partial charge in [0.25, 0.3) is 0 Å². The van der Waals surface area contributed by atoms with Crippen molar-refractivity contribution in [2.75, 3.05) is 0 Å². The van der Waals surface area contributed by atoms with Gasteiger partial charge in [0.15, 0.2) is 0 Å². The Balaban J connectivity index is 2.91. The van der Waals surface area contributed by atoms with Gasteiger partial charge in [-0.3, -0.25) is 0 Å². The molecule has 0 atom stereocenters. The molecule has 0 radical (unpaired) electrons. The summed E-state index contributed by atoms with van der Waals surface area (Å²) in [6.07, 6.45) is 0. The van der Waals surface area contributed by atoms with Gasteiger partial charge in [-0.05, 0) is 28.9 Å². The highest BCUT2D eigenvalue weighted by Gasteiger charge is 2.04. The van der Waals surface area contributed by atoms with Gasteiger partial charge in [-0.15, -0.1) is 0 Å². The van der Waals surface area contributed by atoms with Crippen molar-refractivity contribution in [1.29, 1.82) is 0 Å². The van der Waals surface area contributed by atoms with Crippen LogP contribution in [0.1, 0.15) is 5.56 Å². The standard InChI is InChI=1S/C7H5FN2O/c1-4-2-5(8)3-6-7(4)10-11-9-6/h2-3H,1H3. The van der Waals surface area contributed by atoms with Crippen LogP contribution in [0.25, 0.3) is 11.0 Å². The van der Waals surface area contributed by atoms with Crippen molar-refractivity contribution in [3.63, 3.8) is 0 Å². The lowest BCUT2D eigenvalue weighted by molar-refractivity contribution is 0.315. The molecular formula is C7H5FN2O. The summed E-state index contributed by atoms with van der Waals surface area (Å²) >= 11 is 0. The van der Waals surface area contributed by atoms with Crippen molar-refractivity contribution in [1.82, 2.24) is 10.3 Å². The van der Waals surface area contributed by atoms with Crippen LogP contribution in [0.5, 0.6) is 0 Å². The highest BCUT2D eigenvalue weighted by molar-refractivity contribution is 5.76. The van der Waals surface area contributed by atoms with Crippen LogP contribution in [-0.2, 0) is 0 Å². The fourth-order valence-electron chi connectivity index (χ4n) is 1.01. The number of halogens is 1. The van der Waals surface area contributed by atoms with E-state index < -0.39 is 0 Å². The van der Waals surface area contributed by atoms with E-state index in [4.69, 9.17) is 0 Å². The second-order valence-corrected chi connectivity index (χ2v) is 2.35. The molecule has 0 spiro atoms. The summed E-state index contributed by atoms with van der Waals surface area (Å²) in [6, 6.07) is 2.69. The number of nitrogens with zero attached hydrogens (tertiary/aromatic N) is 2. The van der Waals surface area contributed by atoms with Crippen LogP contribution in [0.3, 0.4) is 0 Å². The van der Waals surface area contributed by atoms with Gasteiger partial charge in [0.2, 0.25) is 0 Å². The summed E-state index contributed by atoms with van der Waals surface area (Å²) in [7, 11) is 0. The fraction of sp³-hybridized carbons (Fsp3) is 0.143. The van der Waals surface area contributed by atoms with Crippen LogP contribution in [0.15, 0.2) is 16.8 Å². The minimum atomic E-state index is -0.314. The minimum Gasteiger partial charge on any atom is -0.243 e. The average molecular weight is 152 g/mol. The largest absolute Gasteiger partial charge is 0.243 e. The van der Waals surface area contributed by atoms with E-state index in [2.05, 4.69) is 14.9 Å². The molecule has 2 aromatic rings. The molecule has 3 nitrogen and oxygen atoms in total. The Morgan fingerprint density at radius 1 is 1.36 bits per heavy atom. The number of benzene rings is 1. The highest BCUT2D eigenvalue weighted by atomic mass is 19.1. The van der Waals surface area contributed by atoms with Crippen molar-refractivity contribution >= 4 is 11.0 Å². The van der Waals surface area contributed by atoms with Crippen molar-refractivity contribution in [2.45, 2.75) is 6.92 Å². The molecule has 56 valence electrons. The normalized spacial score (nSPS) is 10.7. The van der Waals surface area contributed by atoms with Gasteiger partial charge in [-0.2, -0.15) is 0 Å². The third-order valence-electron chi connectivity index (χ3n) is 1.52. The zero-order valence-corrected chi connectivity index (χ0v) is 5.84. The predicted molar refractivity (Wildman–Crippen MR) is 36.5 cm³/mol. The van der Waals surface area contributed by atoms with Crippen molar-refractivity contribution < 1.29 is 9.02 Å². The Labute approximate surface area is 61.8 Å². The van der Waals surface area contributed by atoms with E-state index >= 15 is 0 Å². The lowest BCUT2D eigenvalue weighted by Crippen LogP contribution is -1.79. The van der Waals surface area contributed by atoms with Crippen molar-refractivity contribution in [3.05, 3.63) is 23.5 Å². The summed E-state index contributed by atoms with van der Waals surface area (Å²) in [6.45, 7) is 1.76. The quantitative estimate of drug-likeness (QED) is 0.576. The summed E-state index contributed by atoms with van der Waals surface area (Å²) in [5, 5.41) is 7.12. The topological polar surface area (TPSA) is 38.9 Å². The molecule has 1 aromatic carbocycles. The van der Waals surface area contributed by atoms with Crippen molar-refractivity contribution in [3.8, 4) is 0 Å². The van der Waals surface area contributed by atoms with E-state index in [1.807, 2.05) is 0 Å². The number of aryl methyl sites for hydroxylation is 1. The molecule has 0 N–H and O–H groups in total. The summed E-state index contributed by atoms with van der Waals surface area (Å²) < 4.78 is 17.1. The Kier molecular flexibility index (Phi) is 1.15. The molecule has 1 aromatic heterocycles. The minimum absolute atomic E-state index is 0.314. The van der Waals surface area contributed by atoms with Gasteiger partial charge in [0, 0.05) is 6.07 Å².